The summed E-state index contributed by atoms with van der Waals surface area (Å²) in [7, 11) is 0. The Hall–Kier alpha value is -0.520. The smallest absolute Gasteiger partial charge is 0.0189 e. The first-order valence-electron chi connectivity index (χ1n) is 4.82. The summed E-state index contributed by atoms with van der Waals surface area (Å²) in [6.07, 6.45) is 14.5. The van der Waals surface area contributed by atoms with Crippen molar-refractivity contribution in [1.82, 2.24) is 0 Å². The van der Waals surface area contributed by atoms with Gasteiger partial charge in [0.1, 0.15) is 0 Å². The van der Waals surface area contributed by atoms with Crippen LogP contribution in [0.5, 0.6) is 0 Å². The van der Waals surface area contributed by atoms with Crippen molar-refractivity contribution >= 4 is 0 Å². The van der Waals surface area contributed by atoms with Crippen molar-refractivity contribution in [3.05, 3.63) is 23.8 Å². The molecule has 0 saturated heterocycles. The van der Waals surface area contributed by atoms with Crippen LogP contribution in [0.15, 0.2) is 23.8 Å². The second-order valence-electron chi connectivity index (χ2n) is 4.18. The quantitative estimate of drug-likeness (QED) is 0.461. The van der Waals surface area contributed by atoms with E-state index in [0.717, 1.165) is 5.92 Å². The third-order valence-electron chi connectivity index (χ3n) is 3.71. The minimum Gasteiger partial charge on any atom is -0.0795 e. The van der Waals surface area contributed by atoms with E-state index in [1.54, 1.807) is 5.57 Å². The molecule has 1 saturated carbocycles. The summed E-state index contributed by atoms with van der Waals surface area (Å²) in [4.78, 5) is 0. The first-order valence-corrected chi connectivity index (χ1v) is 4.82. The predicted octanol–water partition coefficient (Wildman–Crippen LogP) is 3.06. The summed E-state index contributed by atoms with van der Waals surface area (Å²) in [6.45, 7) is 0. The Kier molecular flexibility index (Phi) is 0.988. The molecule has 0 aromatic rings. The number of allylic oxidation sites excluding steroid dienone is 4. The third-order valence-corrected chi connectivity index (χ3v) is 3.71. The highest BCUT2D eigenvalue weighted by Gasteiger charge is 2.49. The van der Waals surface area contributed by atoms with Gasteiger partial charge in [-0.1, -0.05) is 36.6 Å². The third kappa shape index (κ3) is 0.571. The molecule has 0 amide bonds. The molecule has 1 spiro atoms. The summed E-state index contributed by atoms with van der Waals surface area (Å²) in [5.74, 6) is 0.857. The lowest BCUT2D eigenvalue weighted by Gasteiger charge is -2.51. The zero-order chi connectivity index (χ0) is 7.31. The van der Waals surface area contributed by atoms with Gasteiger partial charge in [0, 0.05) is 11.3 Å². The number of hydrogen-bond donors (Lipinski definition) is 0. The highest BCUT2D eigenvalue weighted by atomic mass is 14.5. The van der Waals surface area contributed by atoms with E-state index in [0.29, 0.717) is 5.41 Å². The fourth-order valence-electron chi connectivity index (χ4n) is 2.88. The highest BCUT2D eigenvalue weighted by Crippen LogP contribution is 2.60. The zero-order valence-corrected chi connectivity index (χ0v) is 6.84. The van der Waals surface area contributed by atoms with E-state index < -0.39 is 0 Å². The molecular formula is C11H14. The summed E-state index contributed by atoms with van der Waals surface area (Å²) in [5.41, 5.74) is 2.39. The van der Waals surface area contributed by atoms with Crippen LogP contribution >= 0.6 is 0 Å². The van der Waals surface area contributed by atoms with Gasteiger partial charge < -0.3 is 0 Å². The molecule has 3 rings (SSSR count). The van der Waals surface area contributed by atoms with E-state index in [4.69, 9.17) is 0 Å². The first-order chi connectivity index (χ1) is 5.42. The topological polar surface area (TPSA) is 0 Å². The molecule has 11 heavy (non-hydrogen) atoms. The standard InChI is InChI=1S/C11H14/c1-2-4-9-8-10-5-7-11(9,10)6-3-1/h5,7-8,10H,1-4,6H2. The molecule has 3 aliphatic rings. The first kappa shape index (κ1) is 6.05. The van der Waals surface area contributed by atoms with E-state index in [2.05, 4.69) is 18.2 Å². The summed E-state index contributed by atoms with van der Waals surface area (Å²) < 4.78 is 0. The van der Waals surface area contributed by atoms with Crippen LogP contribution < -0.4 is 0 Å². The van der Waals surface area contributed by atoms with Crippen LogP contribution in [-0.4, -0.2) is 0 Å². The fraction of sp³-hybridized carbons (Fsp3) is 0.636. The Labute approximate surface area is 68.0 Å². The van der Waals surface area contributed by atoms with Crippen molar-refractivity contribution in [3.63, 3.8) is 0 Å². The van der Waals surface area contributed by atoms with E-state index >= 15 is 0 Å². The molecule has 0 N–H and O–H groups in total. The van der Waals surface area contributed by atoms with E-state index in [-0.39, 0.29) is 0 Å². The van der Waals surface area contributed by atoms with Crippen molar-refractivity contribution in [1.29, 1.82) is 0 Å². The van der Waals surface area contributed by atoms with E-state index in [9.17, 15) is 0 Å². The fourth-order valence-corrected chi connectivity index (χ4v) is 2.88. The van der Waals surface area contributed by atoms with Crippen molar-refractivity contribution in [2.45, 2.75) is 32.1 Å². The molecular weight excluding hydrogens is 132 g/mol. The average Bonchev–Trinajstić information content (AvgIpc) is 2.20. The van der Waals surface area contributed by atoms with Gasteiger partial charge in [0.25, 0.3) is 0 Å². The van der Waals surface area contributed by atoms with Crippen LogP contribution in [0.2, 0.25) is 0 Å². The molecule has 0 radical (unpaired) electrons. The van der Waals surface area contributed by atoms with Crippen molar-refractivity contribution in [2.75, 3.05) is 0 Å². The van der Waals surface area contributed by atoms with Crippen LogP contribution in [0.1, 0.15) is 32.1 Å². The summed E-state index contributed by atoms with van der Waals surface area (Å²) in [6, 6.07) is 0. The lowest BCUT2D eigenvalue weighted by molar-refractivity contribution is 0.265. The maximum absolute atomic E-state index is 2.49. The van der Waals surface area contributed by atoms with Gasteiger partial charge >= 0.3 is 0 Å². The van der Waals surface area contributed by atoms with E-state index in [1.165, 1.54) is 32.1 Å². The zero-order valence-electron chi connectivity index (χ0n) is 6.84. The molecule has 0 aromatic carbocycles. The maximum atomic E-state index is 2.49. The second kappa shape index (κ2) is 1.80. The average molecular weight is 146 g/mol. The Morgan fingerprint density at radius 1 is 1.27 bits per heavy atom. The maximum Gasteiger partial charge on any atom is 0.0189 e. The molecule has 0 nitrogen and oxygen atoms in total. The molecule has 58 valence electrons. The SMILES string of the molecule is C1=CC23CCCCCC2=CC13. The molecule has 3 aliphatic carbocycles. The Morgan fingerprint density at radius 2 is 2.27 bits per heavy atom. The molecule has 2 unspecified atom stereocenters. The Morgan fingerprint density at radius 3 is 3.00 bits per heavy atom. The van der Waals surface area contributed by atoms with Crippen LogP contribution in [0, 0.1) is 11.3 Å². The van der Waals surface area contributed by atoms with Gasteiger partial charge in [0.15, 0.2) is 0 Å². The largest absolute Gasteiger partial charge is 0.0795 e. The number of hydrogen-bond acceptors (Lipinski definition) is 0. The minimum absolute atomic E-state index is 0.622. The van der Waals surface area contributed by atoms with Crippen molar-refractivity contribution in [3.8, 4) is 0 Å². The molecule has 2 atom stereocenters. The molecule has 1 fully saturated rings. The van der Waals surface area contributed by atoms with Gasteiger partial charge in [0.2, 0.25) is 0 Å². The van der Waals surface area contributed by atoms with Gasteiger partial charge in [-0.15, -0.1) is 0 Å². The molecule has 0 heterocycles. The van der Waals surface area contributed by atoms with Gasteiger partial charge in [-0.05, 0) is 19.3 Å². The lowest BCUT2D eigenvalue weighted by Crippen LogP contribution is -2.42. The van der Waals surface area contributed by atoms with Gasteiger partial charge in [-0.3, -0.25) is 0 Å². The monoisotopic (exact) mass is 146 g/mol. The summed E-state index contributed by atoms with van der Waals surface area (Å²) >= 11 is 0. The van der Waals surface area contributed by atoms with Crippen LogP contribution in [-0.2, 0) is 0 Å². The van der Waals surface area contributed by atoms with Gasteiger partial charge in [-0.25, -0.2) is 0 Å². The second-order valence-corrected chi connectivity index (χ2v) is 4.18. The van der Waals surface area contributed by atoms with Crippen molar-refractivity contribution in [2.24, 2.45) is 11.3 Å². The molecule has 0 bridgehead atoms. The Bertz CT molecular complexity index is 247. The van der Waals surface area contributed by atoms with E-state index in [1.807, 2.05) is 0 Å². The van der Waals surface area contributed by atoms with Crippen LogP contribution in [0.4, 0.5) is 0 Å². The Balaban J connectivity index is 1.96. The molecule has 0 aliphatic heterocycles. The van der Waals surface area contributed by atoms with Crippen molar-refractivity contribution < 1.29 is 0 Å². The predicted molar refractivity (Wildman–Crippen MR) is 46.2 cm³/mol. The molecule has 0 heteroatoms. The van der Waals surface area contributed by atoms with Gasteiger partial charge in [0.05, 0.1) is 0 Å². The lowest BCUT2D eigenvalue weighted by atomic mass is 9.52. The molecule has 0 aromatic heterocycles. The van der Waals surface area contributed by atoms with Crippen LogP contribution in [0.3, 0.4) is 0 Å². The normalized spacial score (nSPS) is 45.8. The van der Waals surface area contributed by atoms with Gasteiger partial charge in [-0.2, -0.15) is 0 Å². The minimum atomic E-state index is 0.622. The number of rotatable bonds is 0. The highest BCUT2D eigenvalue weighted by molar-refractivity contribution is 5.46. The van der Waals surface area contributed by atoms with Crippen LogP contribution in [0.25, 0.3) is 0 Å². The summed E-state index contributed by atoms with van der Waals surface area (Å²) in [5, 5.41) is 0.